The smallest absolute Gasteiger partial charge is 0.407 e. The lowest BCUT2D eigenvalue weighted by atomic mass is 10.2. The number of carbonyl (C=O) groups excluding carboxylic acids is 1. The lowest BCUT2D eigenvalue weighted by molar-refractivity contribution is 0.0524. The fraction of sp³-hybridized carbons (Fsp3) is 0.600. The van der Waals surface area contributed by atoms with Crippen LogP contribution in [0.15, 0.2) is 12.3 Å². The van der Waals surface area contributed by atoms with Crippen LogP contribution in [0, 0.1) is 0 Å². The number of alkyl carbamates (subject to hydrolysis) is 1. The summed E-state index contributed by atoms with van der Waals surface area (Å²) in [5.41, 5.74) is 0.643. The summed E-state index contributed by atoms with van der Waals surface area (Å²) < 4.78 is 10.2. The second-order valence-electron chi connectivity index (χ2n) is 5.66. The summed E-state index contributed by atoms with van der Waals surface area (Å²) in [7, 11) is 1.69. The summed E-state index contributed by atoms with van der Waals surface area (Å²) in [6.07, 6.45) is 4.34. The molecule has 0 radical (unpaired) electrons. The van der Waals surface area contributed by atoms with Gasteiger partial charge in [0.05, 0.1) is 6.54 Å². The number of nitrogens with one attached hydrogen (secondary N) is 1. The van der Waals surface area contributed by atoms with Crippen LogP contribution in [0.3, 0.4) is 0 Å². The third-order valence-corrected chi connectivity index (χ3v) is 3.60. The van der Waals surface area contributed by atoms with E-state index in [4.69, 9.17) is 9.47 Å². The van der Waals surface area contributed by atoms with Crippen LogP contribution < -0.4 is 5.32 Å². The molecule has 0 aliphatic heterocycles. The van der Waals surface area contributed by atoms with Crippen molar-refractivity contribution in [2.24, 2.45) is 0 Å². The van der Waals surface area contributed by atoms with E-state index in [2.05, 4.69) is 16.4 Å². The summed E-state index contributed by atoms with van der Waals surface area (Å²) in [5, 5.41) is 3.69. The Morgan fingerprint density at radius 3 is 2.81 bits per heavy atom. The first-order valence-corrected chi connectivity index (χ1v) is 7.71. The van der Waals surface area contributed by atoms with Gasteiger partial charge in [-0.3, -0.25) is 0 Å². The van der Waals surface area contributed by atoms with Crippen molar-refractivity contribution in [3.63, 3.8) is 0 Å². The Hall–Kier alpha value is -1.40. The molecule has 118 valence electrons. The first kappa shape index (κ1) is 17.7. The number of methoxy groups -OCH3 is 1. The minimum absolute atomic E-state index is 0.412. The monoisotopic (exact) mass is 312 g/mol. The maximum absolute atomic E-state index is 11.6. The summed E-state index contributed by atoms with van der Waals surface area (Å²) in [4.78, 5) is 16.9. The highest BCUT2D eigenvalue weighted by Crippen LogP contribution is 2.21. The average molecular weight is 312 g/mol. The van der Waals surface area contributed by atoms with E-state index in [1.807, 2.05) is 27.7 Å². The van der Waals surface area contributed by atoms with E-state index in [1.54, 1.807) is 24.6 Å². The Morgan fingerprint density at radius 1 is 1.48 bits per heavy atom. The molecule has 21 heavy (non-hydrogen) atoms. The van der Waals surface area contributed by atoms with Crippen molar-refractivity contribution in [2.75, 3.05) is 13.7 Å². The molecule has 1 aromatic rings. The van der Waals surface area contributed by atoms with Crippen LogP contribution in [0.5, 0.6) is 0 Å². The van der Waals surface area contributed by atoms with E-state index >= 15 is 0 Å². The molecule has 0 aliphatic rings. The Kier molecular flexibility index (Phi) is 6.84. The fourth-order valence-corrected chi connectivity index (χ4v) is 2.37. The first-order chi connectivity index (χ1) is 9.81. The van der Waals surface area contributed by atoms with Gasteiger partial charge in [-0.2, -0.15) is 0 Å². The third kappa shape index (κ3) is 7.24. The maximum atomic E-state index is 11.6. The summed E-state index contributed by atoms with van der Waals surface area (Å²) in [5.74, 6) is 0. The van der Waals surface area contributed by atoms with Crippen LogP contribution in [-0.2, 0) is 16.0 Å². The van der Waals surface area contributed by atoms with Gasteiger partial charge in [0.2, 0.25) is 0 Å². The number of hydrogen-bond donors (Lipinski definition) is 1. The first-order valence-electron chi connectivity index (χ1n) is 6.89. The van der Waals surface area contributed by atoms with E-state index in [-0.39, 0.29) is 0 Å². The maximum Gasteiger partial charge on any atom is 0.407 e. The van der Waals surface area contributed by atoms with Gasteiger partial charge < -0.3 is 14.8 Å². The minimum Gasteiger partial charge on any atom is -0.444 e. The number of nitrogens with zero attached hydrogens (tertiary/aromatic N) is 1. The highest BCUT2D eigenvalue weighted by atomic mass is 32.1. The number of rotatable bonds is 6. The summed E-state index contributed by atoms with van der Waals surface area (Å²) >= 11 is 1.57. The molecule has 0 aliphatic carbocycles. The van der Waals surface area contributed by atoms with Gasteiger partial charge in [-0.1, -0.05) is 6.08 Å². The molecule has 1 aromatic heterocycles. The molecule has 0 atom stereocenters. The van der Waals surface area contributed by atoms with Crippen LogP contribution in [0.4, 0.5) is 4.79 Å². The minimum atomic E-state index is -0.483. The Morgan fingerprint density at radius 2 is 2.19 bits per heavy atom. The number of carbonyl (C=O) groups is 1. The van der Waals surface area contributed by atoms with Crippen molar-refractivity contribution < 1.29 is 14.3 Å². The van der Waals surface area contributed by atoms with Crippen molar-refractivity contribution in [2.45, 2.75) is 46.3 Å². The van der Waals surface area contributed by atoms with E-state index in [9.17, 15) is 4.79 Å². The Balaban J connectivity index is 2.48. The number of aromatic nitrogens is 1. The SMILES string of the molecule is COCC/C=C(/C)c1ncc(CNC(=O)OC(C)(C)C)s1. The van der Waals surface area contributed by atoms with Crippen LogP contribution in [-0.4, -0.2) is 30.4 Å². The predicted octanol–water partition coefficient (Wildman–Crippen LogP) is 3.61. The van der Waals surface area contributed by atoms with Gasteiger partial charge in [0.15, 0.2) is 0 Å². The molecule has 0 unspecified atom stereocenters. The van der Waals surface area contributed by atoms with Gasteiger partial charge in [0.25, 0.3) is 0 Å². The molecular weight excluding hydrogens is 288 g/mol. The molecule has 0 saturated carbocycles. The van der Waals surface area contributed by atoms with Gasteiger partial charge in [0.1, 0.15) is 10.6 Å². The van der Waals surface area contributed by atoms with Crippen molar-refractivity contribution >= 4 is 23.0 Å². The normalized spacial score (nSPS) is 12.3. The largest absolute Gasteiger partial charge is 0.444 e. The van der Waals surface area contributed by atoms with Crippen LogP contribution >= 0.6 is 11.3 Å². The quantitative estimate of drug-likeness (QED) is 0.815. The summed E-state index contributed by atoms with van der Waals surface area (Å²) in [6.45, 7) is 8.68. The Bertz CT molecular complexity index is 489. The Labute approximate surface area is 130 Å². The number of thiazole rings is 1. The predicted molar refractivity (Wildman–Crippen MR) is 85.3 cm³/mol. The van der Waals surface area contributed by atoms with Crippen LogP contribution in [0.25, 0.3) is 5.57 Å². The second-order valence-corrected chi connectivity index (χ2v) is 6.77. The second kappa shape index (κ2) is 8.14. The topological polar surface area (TPSA) is 60.5 Å². The van der Waals surface area contributed by atoms with Crippen LogP contribution in [0.1, 0.15) is 44.0 Å². The molecule has 0 fully saturated rings. The van der Waals surface area contributed by atoms with E-state index in [1.165, 1.54) is 0 Å². The zero-order valence-electron chi connectivity index (χ0n) is 13.4. The standard InChI is InChI=1S/C15H24N2O3S/c1-11(7-6-8-19-5)13-16-9-12(21-13)10-17-14(18)20-15(2,3)4/h7,9H,6,8,10H2,1-5H3,(H,17,18)/b11-7-. The number of allylic oxidation sites excluding steroid dienone is 1. The molecule has 0 aromatic carbocycles. The van der Waals surface area contributed by atoms with Crippen molar-refractivity contribution in [1.82, 2.24) is 10.3 Å². The lowest BCUT2D eigenvalue weighted by Gasteiger charge is -2.19. The van der Waals surface area contributed by atoms with Gasteiger partial charge >= 0.3 is 6.09 Å². The number of hydrogen-bond acceptors (Lipinski definition) is 5. The molecule has 6 heteroatoms. The van der Waals surface area contributed by atoms with Gasteiger partial charge in [-0.25, -0.2) is 9.78 Å². The van der Waals surface area contributed by atoms with E-state index in [0.29, 0.717) is 13.2 Å². The van der Waals surface area contributed by atoms with Crippen molar-refractivity contribution in [1.29, 1.82) is 0 Å². The zero-order chi connectivity index (χ0) is 15.9. The molecule has 1 rings (SSSR count). The number of ether oxygens (including phenoxy) is 2. The highest BCUT2D eigenvalue weighted by molar-refractivity contribution is 7.12. The summed E-state index contributed by atoms with van der Waals surface area (Å²) in [6, 6.07) is 0. The number of amides is 1. The van der Waals surface area contributed by atoms with E-state index in [0.717, 1.165) is 21.9 Å². The van der Waals surface area contributed by atoms with Crippen LogP contribution in [0.2, 0.25) is 0 Å². The van der Waals surface area contributed by atoms with Gasteiger partial charge in [0, 0.05) is 24.8 Å². The molecular formula is C15H24N2O3S. The molecule has 0 bridgehead atoms. The van der Waals surface area contributed by atoms with Crippen molar-refractivity contribution in [3.8, 4) is 0 Å². The zero-order valence-corrected chi connectivity index (χ0v) is 14.2. The third-order valence-electron chi connectivity index (χ3n) is 2.47. The molecule has 1 amide bonds. The van der Waals surface area contributed by atoms with E-state index < -0.39 is 11.7 Å². The van der Waals surface area contributed by atoms with Crippen molar-refractivity contribution in [3.05, 3.63) is 22.2 Å². The molecule has 1 heterocycles. The molecule has 1 N–H and O–H groups in total. The molecule has 5 nitrogen and oxygen atoms in total. The lowest BCUT2D eigenvalue weighted by Crippen LogP contribution is -2.31. The van der Waals surface area contributed by atoms with Gasteiger partial charge in [-0.05, 0) is 39.7 Å². The fourth-order valence-electron chi connectivity index (χ4n) is 1.53. The molecule has 0 saturated heterocycles. The average Bonchev–Trinajstić information content (AvgIpc) is 2.83. The van der Waals surface area contributed by atoms with Gasteiger partial charge in [-0.15, -0.1) is 11.3 Å². The highest BCUT2D eigenvalue weighted by Gasteiger charge is 2.16. The molecule has 0 spiro atoms.